The lowest BCUT2D eigenvalue weighted by Gasteiger charge is -2.08. The second kappa shape index (κ2) is 7.83. The number of nitrogens with two attached hydrogens (primary N) is 1. The number of hydrogen-bond donors (Lipinski definition) is 3. The summed E-state index contributed by atoms with van der Waals surface area (Å²) in [4.78, 5) is 11.4. The zero-order valence-electron chi connectivity index (χ0n) is 11.3. The molecular weight excluding hydrogens is 282 g/mol. The van der Waals surface area contributed by atoms with Gasteiger partial charge in [-0.3, -0.25) is 4.79 Å². The predicted octanol–water partition coefficient (Wildman–Crippen LogP) is -0.810. The lowest BCUT2D eigenvalue weighted by molar-refractivity contribution is -0.122. The Kier molecular flexibility index (Phi) is 6.43. The summed E-state index contributed by atoms with van der Waals surface area (Å²) >= 11 is 0. The number of rotatable bonds is 8. The van der Waals surface area contributed by atoms with Crippen molar-refractivity contribution in [1.82, 2.24) is 10.0 Å². The van der Waals surface area contributed by atoms with E-state index in [9.17, 15) is 13.2 Å². The molecule has 112 valence electrons. The van der Waals surface area contributed by atoms with E-state index in [2.05, 4.69) is 10.0 Å². The number of benzene rings is 1. The SMILES string of the molecule is CNS(=O)(=O)CCNC(=O)COc1ccc(CN)cc1. The Bertz CT molecular complexity index is 528. The van der Waals surface area contributed by atoms with Gasteiger partial charge in [0.1, 0.15) is 5.75 Å². The molecule has 20 heavy (non-hydrogen) atoms. The van der Waals surface area contributed by atoms with Gasteiger partial charge < -0.3 is 15.8 Å². The Balaban J connectivity index is 2.29. The average Bonchev–Trinajstić information content (AvgIpc) is 2.45. The molecule has 0 aromatic heterocycles. The monoisotopic (exact) mass is 301 g/mol. The van der Waals surface area contributed by atoms with E-state index in [1.54, 1.807) is 12.1 Å². The summed E-state index contributed by atoms with van der Waals surface area (Å²) in [5.41, 5.74) is 6.44. The molecule has 4 N–H and O–H groups in total. The van der Waals surface area contributed by atoms with Gasteiger partial charge >= 0.3 is 0 Å². The summed E-state index contributed by atoms with van der Waals surface area (Å²) in [6.45, 7) is 0.319. The van der Waals surface area contributed by atoms with Gasteiger partial charge in [0, 0.05) is 13.1 Å². The standard InChI is InChI=1S/C12H19N3O4S/c1-14-20(17,18)7-6-15-12(16)9-19-11-4-2-10(8-13)3-5-11/h2-5,14H,6-9,13H2,1H3,(H,15,16). The highest BCUT2D eigenvalue weighted by atomic mass is 32.2. The molecule has 0 saturated carbocycles. The van der Waals surface area contributed by atoms with Crippen LogP contribution >= 0.6 is 0 Å². The summed E-state index contributed by atoms with van der Waals surface area (Å²) in [5, 5.41) is 2.46. The largest absolute Gasteiger partial charge is 0.484 e. The van der Waals surface area contributed by atoms with Crippen LogP contribution in [0.3, 0.4) is 0 Å². The molecule has 0 bridgehead atoms. The van der Waals surface area contributed by atoms with Crippen LogP contribution in [0.4, 0.5) is 0 Å². The minimum atomic E-state index is -3.31. The Morgan fingerprint density at radius 1 is 1.30 bits per heavy atom. The molecule has 7 nitrogen and oxygen atoms in total. The quantitative estimate of drug-likeness (QED) is 0.581. The van der Waals surface area contributed by atoms with E-state index < -0.39 is 10.0 Å². The van der Waals surface area contributed by atoms with Crippen molar-refractivity contribution in [3.05, 3.63) is 29.8 Å². The van der Waals surface area contributed by atoms with E-state index in [0.717, 1.165) is 5.56 Å². The fraction of sp³-hybridized carbons (Fsp3) is 0.417. The van der Waals surface area contributed by atoms with Gasteiger partial charge in [-0.2, -0.15) is 0 Å². The van der Waals surface area contributed by atoms with E-state index in [1.807, 2.05) is 12.1 Å². The predicted molar refractivity (Wildman–Crippen MR) is 75.7 cm³/mol. The molecule has 0 spiro atoms. The molecule has 0 unspecified atom stereocenters. The molecule has 8 heteroatoms. The summed E-state index contributed by atoms with van der Waals surface area (Å²) in [7, 11) is -1.98. The second-order valence-electron chi connectivity index (χ2n) is 4.01. The molecule has 0 aliphatic rings. The van der Waals surface area contributed by atoms with Crippen molar-refractivity contribution in [3.8, 4) is 5.75 Å². The Morgan fingerprint density at radius 2 is 1.95 bits per heavy atom. The van der Waals surface area contributed by atoms with Crippen molar-refractivity contribution >= 4 is 15.9 Å². The van der Waals surface area contributed by atoms with E-state index in [4.69, 9.17) is 10.5 Å². The molecule has 0 aliphatic carbocycles. The molecule has 0 fully saturated rings. The Hall–Kier alpha value is -1.64. The molecule has 1 rings (SSSR count). The van der Waals surface area contributed by atoms with Crippen LogP contribution in [0.1, 0.15) is 5.56 Å². The number of ether oxygens (including phenoxy) is 1. The fourth-order valence-electron chi connectivity index (χ4n) is 1.35. The van der Waals surface area contributed by atoms with Gasteiger partial charge in [-0.05, 0) is 24.7 Å². The van der Waals surface area contributed by atoms with Crippen LogP contribution in [0.25, 0.3) is 0 Å². The third-order valence-electron chi connectivity index (χ3n) is 2.53. The van der Waals surface area contributed by atoms with Crippen molar-refractivity contribution in [1.29, 1.82) is 0 Å². The number of nitrogens with one attached hydrogen (secondary N) is 2. The van der Waals surface area contributed by atoms with Crippen LogP contribution < -0.4 is 20.5 Å². The van der Waals surface area contributed by atoms with E-state index >= 15 is 0 Å². The van der Waals surface area contributed by atoms with Crippen LogP contribution in [-0.4, -0.2) is 40.3 Å². The first-order chi connectivity index (χ1) is 9.46. The maximum absolute atomic E-state index is 11.4. The van der Waals surface area contributed by atoms with Crippen LogP contribution in [0.2, 0.25) is 0 Å². The zero-order valence-corrected chi connectivity index (χ0v) is 12.1. The average molecular weight is 301 g/mol. The first-order valence-corrected chi connectivity index (χ1v) is 7.72. The van der Waals surface area contributed by atoms with E-state index in [0.29, 0.717) is 12.3 Å². The first kappa shape index (κ1) is 16.4. The van der Waals surface area contributed by atoms with Crippen LogP contribution in [0.5, 0.6) is 5.75 Å². The molecular formula is C12H19N3O4S. The molecule has 0 aliphatic heterocycles. The third kappa shape index (κ3) is 6.00. The zero-order chi connectivity index (χ0) is 15.0. The lowest BCUT2D eigenvalue weighted by atomic mass is 10.2. The summed E-state index contributed by atoms with van der Waals surface area (Å²) in [6, 6.07) is 7.07. The van der Waals surface area contributed by atoms with E-state index in [1.165, 1.54) is 7.05 Å². The molecule has 1 aromatic rings. The lowest BCUT2D eigenvalue weighted by Crippen LogP contribution is -2.35. The van der Waals surface area contributed by atoms with Gasteiger partial charge in [0.15, 0.2) is 6.61 Å². The van der Waals surface area contributed by atoms with Gasteiger partial charge in [0.25, 0.3) is 5.91 Å². The highest BCUT2D eigenvalue weighted by molar-refractivity contribution is 7.89. The second-order valence-corrected chi connectivity index (χ2v) is 6.06. The third-order valence-corrected chi connectivity index (χ3v) is 3.90. The van der Waals surface area contributed by atoms with Gasteiger partial charge in [-0.15, -0.1) is 0 Å². The number of sulfonamides is 1. The number of amides is 1. The van der Waals surface area contributed by atoms with Gasteiger partial charge in [-0.1, -0.05) is 12.1 Å². The first-order valence-electron chi connectivity index (χ1n) is 6.06. The minimum Gasteiger partial charge on any atom is -0.484 e. The normalized spacial score (nSPS) is 11.1. The maximum Gasteiger partial charge on any atom is 0.257 e. The van der Waals surface area contributed by atoms with E-state index in [-0.39, 0.29) is 24.8 Å². The number of carbonyl (C=O) groups excluding carboxylic acids is 1. The molecule has 0 heterocycles. The molecule has 0 saturated heterocycles. The van der Waals surface area contributed by atoms with Crippen LogP contribution in [-0.2, 0) is 21.4 Å². The van der Waals surface area contributed by atoms with Crippen LogP contribution in [0.15, 0.2) is 24.3 Å². The number of hydrogen-bond acceptors (Lipinski definition) is 5. The number of carbonyl (C=O) groups is 1. The smallest absolute Gasteiger partial charge is 0.257 e. The Morgan fingerprint density at radius 3 is 2.50 bits per heavy atom. The van der Waals surface area contributed by atoms with Gasteiger partial charge in [0.05, 0.1) is 5.75 Å². The maximum atomic E-state index is 11.4. The summed E-state index contributed by atoms with van der Waals surface area (Å²) in [6.07, 6.45) is 0. The molecule has 1 aromatic carbocycles. The van der Waals surface area contributed by atoms with Crippen molar-refractivity contribution in [2.24, 2.45) is 5.73 Å². The Labute approximate surface area is 118 Å². The summed E-state index contributed by atoms with van der Waals surface area (Å²) < 4.78 is 29.7. The van der Waals surface area contributed by atoms with Gasteiger partial charge in [0.2, 0.25) is 10.0 Å². The van der Waals surface area contributed by atoms with Crippen LogP contribution in [0, 0.1) is 0 Å². The highest BCUT2D eigenvalue weighted by Gasteiger charge is 2.08. The molecule has 0 radical (unpaired) electrons. The van der Waals surface area contributed by atoms with Crippen molar-refractivity contribution < 1.29 is 17.9 Å². The van der Waals surface area contributed by atoms with Gasteiger partial charge in [-0.25, -0.2) is 13.1 Å². The molecule has 1 amide bonds. The topological polar surface area (TPSA) is 111 Å². The van der Waals surface area contributed by atoms with Crippen molar-refractivity contribution in [3.63, 3.8) is 0 Å². The van der Waals surface area contributed by atoms with Crippen molar-refractivity contribution in [2.45, 2.75) is 6.54 Å². The fourth-order valence-corrected chi connectivity index (χ4v) is 1.92. The molecule has 0 atom stereocenters. The minimum absolute atomic E-state index is 0.0392. The highest BCUT2D eigenvalue weighted by Crippen LogP contribution is 2.11. The van der Waals surface area contributed by atoms with Crippen molar-refractivity contribution in [2.75, 3.05) is 26.0 Å². The summed E-state index contributed by atoms with van der Waals surface area (Å²) in [5.74, 6) is 0.0138.